The second-order valence-corrected chi connectivity index (χ2v) is 4.63. The van der Waals surface area contributed by atoms with Crippen LogP contribution in [0.5, 0.6) is 5.75 Å². The molecule has 0 heterocycles. The molecule has 17 heavy (non-hydrogen) atoms. The molecule has 0 aliphatic rings. The quantitative estimate of drug-likeness (QED) is 0.258. The molecule has 0 amide bonds. The minimum Gasteiger partial charge on any atom is -0.832 e. The zero-order chi connectivity index (χ0) is 12.9. The maximum atomic E-state index is 10.5. The third kappa shape index (κ3) is 7.50. The number of hydrogen-bond acceptors (Lipinski definition) is 5. The van der Waals surface area contributed by atoms with Crippen LogP contribution >= 0.6 is 45.2 Å². The first-order chi connectivity index (χ1) is 7.27. The van der Waals surface area contributed by atoms with E-state index in [-0.39, 0.29) is 30.2 Å². The van der Waals surface area contributed by atoms with Gasteiger partial charge in [-0.1, -0.05) is 0 Å². The number of phenols is 1. The van der Waals surface area contributed by atoms with Crippen molar-refractivity contribution in [1.82, 2.24) is 0 Å². The third-order valence-corrected chi connectivity index (χ3v) is 4.32. The summed E-state index contributed by atoms with van der Waals surface area (Å²) in [5, 5.41) is 40.7. The molecule has 1 aromatic rings. The predicted octanol–water partition coefficient (Wildman–Crippen LogP) is -3.38. The Balaban J connectivity index is 0. The molecule has 0 atom stereocenters. The maximum absolute atomic E-state index is 10.5. The normalized spacial score (nSPS) is 8.53. The van der Waals surface area contributed by atoms with Crippen LogP contribution in [0.15, 0.2) is 12.1 Å². The summed E-state index contributed by atoms with van der Waals surface area (Å²) in [6.45, 7) is 0. The van der Waals surface area contributed by atoms with Gasteiger partial charge in [-0.15, -0.1) is 0 Å². The van der Waals surface area contributed by atoms with Gasteiger partial charge < -0.3 is 25.3 Å². The first-order valence-corrected chi connectivity index (χ1v) is 5.85. The second kappa shape index (κ2) is 9.43. The minimum atomic E-state index is -2.42. The summed E-state index contributed by atoms with van der Waals surface area (Å²) in [6.07, 6.45) is 0. The van der Waals surface area contributed by atoms with E-state index in [9.17, 15) is 9.90 Å². The van der Waals surface area contributed by atoms with Gasteiger partial charge in [0.25, 0.3) is 0 Å². The van der Waals surface area contributed by atoms with Crippen LogP contribution in [-0.4, -0.2) is 33.6 Å². The molecule has 0 aromatic heterocycles. The number of aromatic hydroxyl groups is 1. The standard InChI is InChI=1S/C7H4I2O3.BH2O3.Li/c8-4-2-1-3(7(11)12)6(10)5(4)9;2-1(3)4;/h1-2,10H,(H,11,12);2-3H;/q;-1;+1. The van der Waals surface area contributed by atoms with E-state index in [2.05, 4.69) is 0 Å². The van der Waals surface area contributed by atoms with Crippen molar-refractivity contribution >= 4 is 58.5 Å². The van der Waals surface area contributed by atoms with Crippen molar-refractivity contribution in [3.8, 4) is 5.75 Å². The fourth-order valence-corrected chi connectivity index (χ4v) is 1.62. The number of hydrogen-bond donors (Lipinski definition) is 4. The van der Waals surface area contributed by atoms with Crippen LogP contribution < -0.4 is 23.9 Å². The average molecular weight is 458 g/mol. The fourth-order valence-electron chi connectivity index (χ4n) is 0.713. The zero-order valence-electron chi connectivity index (χ0n) is 8.59. The van der Waals surface area contributed by atoms with Crippen LogP contribution in [0.3, 0.4) is 0 Å². The van der Waals surface area contributed by atoms with Crippen molar-refractivity contribution in [2.24, 2.45) is 0 Å². The largest absolute Gasteiger partial charge is 1.00 e. The molecule has 0 saturated heterocycles. The average Bonchev–Trinajstić information content (AvgIpc) is 2.13. The molecule has 0 aliphatic heterocycles. The summed E-state index contributed by atoms with van der Waals surface area (Å²) in [5.41, 5.74) is -0.0557. The first-order valence-electron chi connectivity index (χ1n) is 3.69. The molecule has 0 aliphatic carbocycles. The number of carboxylic acid groups (broad SMARTS) is 1. The van der Waals surface area contributed by atoms with Gasteiger partial charge >= 0.3 is 32.2 Å². The summed E-state index contributed by atoms with van der Waals surface area (Å²) in [6, 6.07) is 3.05. The van der Waals surface area contributed by atoms with E-state index in [0.29, 0.717) is 3.57 Å². The van der Waals surface area contributed by atoms with E-state index >= 15 is 0 Å². The van der Waals surface area contributed by atoms with Crippen molar-refractivity contribution in [3.63, 3.8) is 0 Å². The Morgan fingerprint density at radius 1 is 1.29 bits per heavy atom. The van der Waals surface area contributed by atoms with E-state index in [1.807, 2.05) is 45.2 Å². The molecule has 88 valence electrons. The van der Waals surface area contributed by atoms with E-state index in [1.54, 1.807) is 6.07 Å². The van der Waals surface area contributed by atoms with Gasteiger partial charge in [-0.05, 0) is 57.3 Å². The van der Waals surface area contributed by atoms with Crippen molar-refractivity contribution in [1.29, 1.82) is 0 Å². The summed E-state index contributed by atoms with van der Waals surface area (Å²) < 4.78 is 1.42. The molecule has 0 saturated carbocycles. The molecule has 1 aromatic carbocycles. The van der Waals surface area contributed by atoms with Crippen LogP contribution in [0, 0.1) is 7.14 Å². The molecule has 0 spiro atoms. The molecule has 0 unspecified atom stereocenters. The smallest absolute Gasteiger partial charge is 0.832 e. The molecule has 6 nitrogen and oxygen atoms in total. The number of halogens is 2. The van der Waals surface area contributed by atoms with Crippen molar-refractivity contribution in [3.05, 3.63) is 24.8 Å². The number of carbonyl (C=O) groups is 1. The van der Waals surface area contributed by atoms with Gasteiger partial charge in [-0.2, -0.15) is 0 Å². The molecule has 0 fully saturated rings. The van der Waals surface area contributed by atoms with Crippen LogP contribution in [0.2, 0.25) is 0 Å². The van der Waals surface area contributed by atoms with Gasteiger partial charge in [0.15, 0.2) is 0 Å². The van der Waals surface area contributed by atoms with Crippen molar-refractivity contribution < 1.29 is 48.9 Å². The Kier molecular flexibility index (Phi) is 11.0. The molecule has 10 heteroatoms. The molecular formula is C7H6BI2LiO6. The van der Waals surface area contributed by atoms with Crippen molar-refractivity contribution in [2.45, 2.75) is 0 Å². The van der Waals surface area contributed by atoms with Crippen LogP contribution in [0.25, 0.3) is 0 Å². The van der Waals surface area contributed by atoms with Gasteiger partial charge in [0.1, 0.15) is 11.3 Å². The fraction of sp³-hybridized carbons (Fsp3) is 0. The summed E-state index contributed by atoms with van der Waals surface area (Å²) in [7, 11) is -2.42. The van der Waals surface area contributed by atoms with Crippen LogP contribution in [0.1, 0.15) is 10.4 Å². The van der Waals surface area contributed by atoms with Gasteiger partial charge in [0.05, 0.1) is 3.57 Å². The Labute approximate surface area is 137 Å². The predicted molar refractivity (Wildman–Crippen MR) is 70.7 cm³/mol. The van der Waals surface area contributed by atoms with Crippen LogP contribution in [-0.2, 0) is 0 Å². The Hall–Kier alpha value is 0.492. The van der Waals surface area contributed by atoms with E-state index in [0.717, 1.165) is 3.57 Å². The monoisotopic (exact) mass is 458 g/mol. The summed E-state index contributed by atoms with van der Waals surface area (Å²) in [5.74, 6) is -1.27. The second-order valence-electron chi connectivity index (χ2n) is 2.39. The summed E-state index contributed by atoms with van der Waals surface area (Å²) >= 11 is 3.94. The molecular weight excluding hydrogens is 452 g/mol. The van der Waals surface area contributed by atoms with Gasteiger partial charge in [-0.3, -0.25) is 0 Å². The van der Waals surface area contributed by atoms with E-state index in [1.165, 1.54) is 6.07 Å². The maximum Gasteiger partial charge on any atom is 1.00 e. The van der Waals surface area contributed by atoms with Gasteiger partial charge in [0, 0.05) is 3.57 Å². The van der Waals surface area contributed by atoms with E-state index < -0.39 is 13.3 Å². The number of benzene rings is 1. The first kappa shape index (κ1) is 19.8. The van der Waals surface area contributed by atoms with Crippen molar-refractivity contribution in [2.75, 3.05) is 0 Å². The van der Waals surface area contributed by atoms with Gasteiger partial charge in [-0.25, -0.2) is 4.79 Å². The molecule has 0 bridgehead atoms. The molecule has 0 radical (unpaired) electrons. The molecule has 1 rings (SSSR count). The summed E-state index contributed by atoms with van der Waals surface area (Å²) in [4.78, 5) is 10.5. The number of rotatable bonds is 1. The van der Waals surface area contributed by atoms with E-state index in [4.69, 9.17) is 20.2 Å². The van der Waals surface area contributed by atoms with Crippen LogP contribution in [0.4, 0.5) is 0 Å². The Morgan fingerprint density at radius 3 is 2.06 bits per heavy atom. The number of carboxylic acids is 1. The SMILES string of the molecule is O=C(O)c1ccc(I)c(I)c1O.[Li+].[O-]B(O)O. The number of aromatic carboxylic acids is 1. The Morgan fingerprint density at radius 2 is 1.71 bits per heavy atom. The minimum absolute atomic E-state index is 0. The van der Waals surface area contributed by atoms with Gasteiger partial charge in [0.2, 0.25) is 0 Å². The third-order valence-electron chi connectivity index (χ3n) is 1.30. The topological polar surface area (TPSA) is 121 Å². The zero-order valence-corrected chi connectivity index (χ0v) is 12.9. The molecule has 4 N–H and O–H groups in total. The Bertz CT molecular complexity index is 386.